The first-order chi connectivity index (χ1) is 7.13. The molecule has 0 aliphatic heterocycles. The summed E-state index contributed by atoms with van der Waals surface area (Å²) in [7, 11) is 4.70. The van der Waals surface area contributed by atoms with E-state index < -0.39 is 5.37 Å². The molecule has 0 fully saturated rings. The van der Waals surface area contributed by atoms with Gasteiger partial charge in [0, 0.05) is 12.1 Å². The number of rotatable bonds is 4. The highest BCUT2D eigenvalue weighted by atomic mass is 32.1. The molecule has 0 aliphatic rings. The second-order valence-electron chi connectivity index (χ2n) is 2.89. The summed E-state index contributed by atoms with van der Waals surface area (Å²) in [6.45, 7) is 0. The van der Waals surface area contributed by atoms with Gasteiger partial charge >= 0.3 is 0 Å². The zero-order valence-electron chi connectivity index (χ0n) is 8.98. The smallest absolute Gasteiger partial charge is 0.131 e. The Balaban J connectivity index is 3.32. The summed E-state index contributed by atoms with van der Waals surface area (Å²) in [5, 5.41) is -0.458. The number of thiol groups is 1. The van der Waals surface area contributed by atoms with Gasteiger partial charge in [-0.05, 0) is 0 Å². The molecular weight excluding hydrogens is 214 g/mol. The predicted molar refractivity (Wildman–Crippen MR) is 62.0 cm³/mol. The highest BCUT2D eigenvalue weighted by molar-refractivity contribution is 7.80. The zero-order valence-corrected chi connectivity index (χ0v) is 9.88. The fourth-order valence-electron chi connectivity index (χ4n) is 1.32. The molecule has 0 aliphatic carbocycles. The fourth-order valence-corrected chi connectivity index (χ4v) is 1.58. The molecule has 0 radical (unpaired) electrons. The lowest BCUT2D eigenvalue weighted by atomic mass is 10.1. The molecule has 0 amide bonds. The number of methoxy groups -OCH3 is 3. The molecule has 0 bridgehead atoms. The summed E-state index contributed by atoms with van der Waals surface area (Å²) in [6.07, 6.45) is 0. The highest BCUT2D eigenvalue weighted by Gasteiger charge is 2.16. The van der Waals surface area contributed by atoms with Crippen LogP contribution in [0.3, 0.4) is 0 Å². The third-order valence-electron chi connectivity index (χ3n) is 2.05. The monoisotopic (exact) mass is 229 g/mol. The second kappa shape index (κ2) is 5.14. The maximum Gasteiger partial charge on any atom is 0.131 e. The molecule has 1 rings (SSSR count). The molecule has 0 heterocycles. The van der Waals surface area contributed by atoms with Gasteiger partial charge in [0.15, 0.2) is 0 Å². The molecular formula is C10H15NO3S. The van der Waals surface area contributed by atoms with Crippen molar-refractivity contribution in [1.29, 1.82) is 0 Å². The Kier molecular flexibility index (Phi) is 4.11. The Morgan fingerprint density at radius 2 is 1.53 bits per heavy atom. The first-order valence-electron chi connectivity index (χ1n) is 4.37. The standard InChI is InChI=1S/C10H15NO3S/c1-12-6-4-7(13-2)9(10(11)15)8(5-6)14-3/h4-5,10,15H,11H2,1-3H3. The third kappa shape index (κ3) is 2.49. The van der Waals surface area contributed by atoms with Gasteiger partial charge < -0.3 is 19.9 Å². The lowest BCUT2D eigenvalue weighted by molar-refractivity contribution is 0.368. The molecule has 1 aromatic rings. The summed E-state index contributed by atoms with van der Waals surface area (Å²) in [4.78, 5) is 0. The molecule has 1 aromatic carbocycles. The summed E-state index contributed by atoms with van der Waals surface area (Å²) in [5.74, 6) is 1.86. The van der Waals surface area contributed by atoms with E-state index in [2.05, 4.69) is 12.6 Å². The number of benzene rings is 1. The van der Waals surface area contributed by atoms with Crippen LogP contribution in [0.25, 0.3) is 0 Å². The lowest BCUT2D eigenvalue weighted by Gasteiger charge is -2.16. The van der Waals surface area contributed by atoms with Gasteiger partial charge in [0.25, 0.3) is 0 Å². The molecule has 1 atom stereocenters. The number of hydrogen-bond donors (Lipinski definition) is 2. The summed E-state index contributed by atoms with van der Waals surface area (Å²) < 4.78 is 15.5. The SMILES string of the molecule is COc1cc(OC)c(C(N)S)c(OC)c1. The van der Waals surface area contributed by atoms with E-state index in [9.17, 15) is 0 Å². The van der Waals surface area contributed by atoms with Crippen molar-refractivity contribution in [1.82, 2.24) is 0 Å². The minimum Gasteiger partial charge on any atom is -0.496 e. The minimum absolute atomic E-state index is 0.458. The fraction of sp³-hybridized carbons (Fsp3) is 0.400. The topological polar surface area (TPSA) is 53.7 Å². The predicted octanol–water partition coefficient (Wildman–Crippen LogP) is 1.60. The van der Waals surface area contributed by atoms with Gasteiger partial charge in [-0.1, -0.05) is 0 Å². The van der Waals surface area contributed by atoms with Gasteiger partial charge in [0.2, 0.25) is 0 Å². The normalized spacial score (nSPS) is 12.1. The van der Waals surface area contributed by atoms with Crippen molar-refractivity contribution in [3.8, 4) is 17.2 Å². The molecule has 0 saturated heterocycles. The van der Waals surface area contributed by atoms with Crippen LogP contribution >= 0.6 is 12.6 Å². The minimum atomic E-state index is -0.458. The maximum atomic E-state index is 5.72. The van der Waals surface area contributed by atoms with Crippen LogP contribution < -0.4 is 19.9 Å². The Morgan fingerprint density at radius 1 is 1.07 bits per heavy atom. The van der Waals surface area contributed by atoms with Crippen molar-refractivity contribution in [3.05, 3.63) is 17.7 Å². The maximum absolute atomic E-state index is 5.72. The van der Waals surface area contributed by atoms with E-state index in [-0.39, 0.29) is 0 Å². The molecule has 0 aromatic heterocycles. The van der Waals surface area contributed by atoms with E-state index in [1.165, 1.54) is 0 Å². The molecule has 4 nitrogen and oxygen atoms in total. The van der Waals surface area contributed by atoms with E-state index in [1.54, 1.807) is 33.5 Å². The number of nitrogens with two attached hydrogens (primary N) is 1. The van der Waals surface area contributed by atoms with Crippen LogP contribution in [0, 0.1) is 0 Å². The number of ether oxygens (including phenoxy) is 3. The van der Waals surface area contributed by atoms with Gasteiger partial charge in [-0.25, -0.2) is 0 Å². The van der Waals surface area contributed by atoms with Crippen molar-refractivity contribution in [2.75, 3.05) is 21.3 Å². The molecule has 2 N–H and O–H groups in total. The van der Waals surface area contributed by atoms with Crippen LogP contribution in [0.1, 0.15) is 10.9 Å². The lowest BCUT2D eigenvalue weighted by Crippen LogP contribution is -2.07. The van der Waals surface area contributed by atoms with Gasteiger partial charge in [0.1, 0.15) is 17.2 Å². The van der Waals surface area contributed by atoms with Gasteiger partial charge in [-0.2, -0.15) is 12.6 Å². The van der Waals surface area contributed by atoms with Crippen molar-refractivity contribution in [3.63, 3.8) is 0 Å². The Morgan fingerprint density at radius 3 is 1.80 bits per heavy atom. The Bertz CT molecular complexity index is 316. The quantitative estimate of drug-likeness (QED) is 0.608. The Hall–Kier alpha value is -1.07. The van der Waals surface area contributed by atoms with Crippen LogP contribution in [-0.4, -0.2) is 21.3 Å². The van der Waals surface area contributed by atoms with Gasteiger partial charge in [-0.3, -0.25) is 0 Å². The summed E-state index contributed by atoms with van der Waals surface area (Å²) >= 11 is 4.18. The van der Waals surface area contributed by atoms with Gasteiger partial charge in [0.05, 0.1) is 32.3 Å². The molecule has 15 heavy (non-hydrogen) atoms. The van der Waals surface area contributed by atoms with Crippen molar-refractivity contribution < 1.29 is 14.2 Å². The van der Waals surface area contributed by atoms with Crippen LogP contribution in [0.5, 0.6) is 17.2 Å². The molecule has 84 valence electrons. The molecule has 0 saturated carbocycles. The zero-order chi connectivity index (χ0) is 11.4. The van der Waals surface area contributed by atoms with Crippen LogP contribution in [0.15, 0.2) is 12.1 Å². The molecule has 1 unspecified atom stereocenters. The molecule has 5 heteroatoms. The Labute approximate surface area is 94.7 Å². The van der Waals surface area contributed by atoms with E-state index in [1.807, 2.05) is 0 Å². The van der Waals surface area contributed by atoms with E-state index in [0.717, 1.165) is 0 Å². The van der Waals surface area contributed by atoms with E-state index >= 15 is 0 Å². The van der Waals surface area contributed by atoms with Crippen LogP contribution in [-0.2, 0) is 0 Å². The van der Waals surface area contributed by atoms with Crippen molar-refractivity contribution in [2.24, 2.45) is 5.73 Å². The first-order valence-corrected chi connectivity index (χ1v) is 4.89. The van der Waals surface area contributed by atoms with E-state index in [0.29, 0.717) is 22.8 Å². The van der Waals surface area contributed by atoms with E-state index in [4.69, 9.17) is 19.9 Å². The largest absolute Gasteiger partial charge is 0.496 e. The average Bonchev–Trinajstić information content (AvgIpc) is 2.26. The van der Waals surface area contributed by atoms with Gasteiger partial charge in [-0.15, -0.1) is 0 Å². The highest BCUT2D eigenvalue weighted by Crippen LogP contribution is 2.38. The van der Waals surface area contributed by atoms with Crippen molar-refractivity contribution >= 4 is 12.6 Å². The first kappa shape index (κ1) is 12.0. The average molecular weight is 229 g/mol. The summed E-state index contributed by atoms with van der Waals surface area (Å²) in [5.41, 5.74) is 6.43. The third-order valence-corrected chi connectivity index (χ3v) is 2.31. The van der Waals surface area contributed by atoms with Crippen molar-refractivity contribution in [2.45, 2.75) is 5.37 Å². The number of hydrogen-bond acceptors (Lipinski definition) is 5. The molecule has 0 spiro atoms. The second-order valence-corrected chi connectivity index (χ2v) is 3.45. The van der Waals surface area contributed by atoms with Crippen LogP contribution in [0.2, 0.25) is 0 Å². The summed E-state index contributed by atoms with van der Waals surface area (Å²) in [6, 6.07) is 3.49. The van der Waals surface area contributed by atoms with Crippen LogP contribution in [0.4, 0.5) is 0 Å².